The molecule has 12 heavy (non-hydrogen) atoms. The zero-order chi connectivity index (χ0) is 9.61. The summed E-state index contributed by atoms with van der Waals surface area (Å²) in [5.41, 5.74) is 0.390. The van der Waals surface area contributed by atoms with Crippen LogP contribution in [0.1, 0.15) is 47.0 Å². The molecule has 0 saturated carbocycles. The van der Waals surface area contributed by atoms with Gasteiger partial charge in [-0.3, -0.25) is 0 Å². The van der Waals surface area contributed by atoms with E-state index in [0.717, 1.165) is 19.3 Å². The lowest BCUT2D eigenvalue weighted by atomic mass is 9.92. The van der Waals surface area contributed by atoms with Crippen LogP contribution >= 0.6 is 0 Å². The Kier molecular flexibility index (Phi) is 5.23. The third-order valence-electron chi connectivity index (χ3n) is 1.65. The molecular weight excluding hydrogens is 148 g/mol. The van der Waals surface area contributed by atoms with E-state index in [2.05, 4.69) is 32.9 Å². The van der Waals surface area contributed by atoms with Crippen molar-refractivity contribution < 1.29 is 5.11 Å². The first kappa shape index (κ1) is 11.7. The Morgan fingerprint density at radius 1 is 1.25 bits per heavy atom. The molecule has 0 aliphatic heterocycles. The fourth-order valence-corrected chi connectivity index (χ4v) is 0.892. The molecule has 72 valence electrons. The van der Waals surface area contributed by atoms with Crippen LogP contribution in [0.25, 0.3) is 0 Å². The van der Waals surface area contributed by atoms with Crippen LogP contribution in [0, 0.1) is 5.41 Å². The van der Waals surface area contributed by atoms with E-state index >= 15 is 0 Å². The number of aliphatic hydroxyl groups excluding tert-OH is 1. The van der Waals surface area contributed by atoms with Crippen molar-refractivity contribution in [3.8, 4) is 0 Å². The van der Waals surface area contributed by atoms with E-state index in [-0.39, 0.29) is 6.10 Å². The van der Waals surface area contributed by atoms with Gasteiger partial charge in [0.2, 0.25) is 0 Å². The van der Waals surface area contributed by atoms with Crippen molar-refractivity contribution >= 4 is 0 Å². The number of aliphatic hydroxyl groups is 1. The van der Waals surface area contributed by atoms with E-state index in [1.54, 1.807) is 0 Å². The smallest absolute Gasteiger partial charge is 0.0515 e. The summed E-state index contributed by atoms with van der Waals surface area (Å²) in [6.07, 6.45) is 7.20. The number of hydrogen-bond donors (Lipinski definition) is 1. The molecule has 0 aliphatic carbocycles. The summed E-state index contributed by atoms with van der Waals surface area (Å²) >= 11 is 0. The predicted octanol–water partition coefficient (Wildman–Crippen LogP) is 3.14. The van der Waals surface area contributed by atoms with Gasteiger partial charge in [0.15, 0.2) is 0 Å². The zero-order valence-corrected chi connectivity index (χ0v) is 8.80. The van der Waals surface area contributed by atoms with E-state index < -0.39 is 0 Å². The van der Waals surface area contributed by atoms with Crippen LogP contribution in [-0.4, -0.2) is 11.2 Å². The molecule has 0 aromatic heterocycles. The van der Waals surface area contributed by atoms with Gasteiger partial charge in [0.25, 0.3) is 0 Å². The number of rotatable bonds is 4. The number of hydrogen-bond acceptors (Lipinski definition) is 1. The van der Waals surface area contributed by atoms with E-state index in [9.17, 15) is 0 Å². The molecule has 0 amide bonds. The topological polar surface area (TPSA) is 20.2 Å². The van der Waals surface area contributed by atoms with Crippen LogP contribution in [-0.2, 0) is 0 Å². The molecule has 1 nitrogen and oxygen atoms in total. The molecule has 0 rings (SSSR count). The quantitative estimate of drug-likeness (QED) is 0.643. The Hall–Kier alpha value is -0.300. The highest BCUT2D eigenvalue weighted by Gasteiger charge is 2.05. The summed E-state index contributed by atoms with van der Waals surface area (Å²) in [5, 5.41) is 8.98. The van der Waals surface area contributed by atoms with Gasteiger partial charge in [0, 0.05) is 0 Å². The van der Waals surface area contributed by atoms with Gasteiger partial charge >= 0.3 is 0 Å². The van der Waals surface area contributed by atoms with Crippen molar-refractivity contribution in [2.24, 2.45) is 5.41 Å². The van der Waals surface area contributed by atoms with Gasteiger partial charge in [0.1, 0.15) is 0 Å². The lowest BCUT2D eigenvalue weighted by Gasteiger charge is -2.14. The first-order chi connectivity index (χ1) is 5.42. The summed E-state index contributed by atoms with van der Waals surface area (Å²) in [6.45, 7) is 8.52. The molecule has 0 aliphatic rings. The van der Waals surface area contributed by atoms with Crippen LogP contribution in [0.2, 0.25) is 0 Å². The van der Waals surface area contributed by atoms with Crippen LogP contribution in [0.15, 0.2) is 12.2 Å². The molecule has 1 heteroatoms. The highest BCUT2D eigenvalue weighted by atomic mass is 16.3. The molecule has 1 unspecified atom stereocenters. The second kappa shape index (κ2) is 5.36. The average Bonchev–Trinajstić information content (AvgIpc) is 1.83. The minimum Gasteiger partial charge on any atom is -0.393 e. The van der Waals surface area contributed by atoms with Crippen molar-refractivity contribution in [3.05, 3.63) is 12.2 Å². The standard InChI is InChI=1S/C11H22O/c1-10(12)8-6-5-7-9-11(2,3)4/h5,7,10,12H,6,8-9H2,1-4H3. The third-order valence-corrected chi connectivity index (χ3v) is 1.65. The zero-order valence-electron chi connectivity index (χ0n) is 8.80. The summed E-state index contributed by atoms with van der Waals surface area (Å²) in [7, 11) is 0. The second-order valence-electron chi connectivity index (χ2n) is 4.66. The van der Waals surface area contributed by atoms with E-state index in [1.807, 2.05) is 6.92 Å². The SMILES string of the molecule is CC(O)CCC=CCC(C)(C)C. The summed E-state index contributed by atoms with van der Waals surface area (Å²) in [6, 6.07) is 0. The fourth-order valence-electron chi connectivity index (χ4n) is 0.892. The summed E-state index contributed by atoms with van der Waals surface area (Å²) < 4.78 is 0. The van der Waals surface area contributed by atoms with Crippen molar-refractivity contribution in [3.63, 3.8) is 0 Å². The molecule has 1 N–H and O–H groups in total. The van der Waals surface area contributed by atoms with E-state index in [4.69, 9.17) is 5.11 Å². The molecule has 0 spiro atoms. The van der Waals surface area contributed by atoms with Crippen LogP contribution in [0.5, 0.6) is 0 Å². The second-order valence-corrected chi connectivity index (χ2v) is 4.66. The van der Waals surface area contributed by atoms with Gasteiger partial charge in [0.05, 0.1) is 6.10 Å². The van der Waals surface area contributed by atoms with E-state index in [0.29, 0.717) is 5.41 Å². The molecule has 0 fully saturated rings. The average molecular weight is 170 g/mol. The lowest BCUT2D eigenvalue weighted by molar-refractivity contribution is 0.186. The van der Waals surface area contributed by atoms with Gasteiger partial charge in [-0.2, -0.15) is 0 Å². The molecule has 0 aromatic carbocycles. The Morgan fingerprint density at radius 3 is 2.25 bits per heavy atom. The summed E-state index contributed by atoms with van der Waals surface area (Å²) in [5.74, 6) is 0. The highest BCUT2D eigenvalue weighted by Crippen LogP contribution is 2.18. The van der Waals surface area contributed by atoms with Crippen LogP contribution in [0.3, 0.4) is 0 Å². The third kappa shape index (κ3) is 9.70. The van der Waals surface area contributed by atoms with Gasteiger partial charge in [-0.15, -0.1) is 0 Å². The molecule has 0 heterocycles. The Balaban J connectivity index is 3.38. The highest BCUT2D eigenvalue weighted by molar-refractivity contribution is 4.85. The fraction of sp³-hybridized carbons (Fsp3) is 0.818. The molecular formula is C11H22O. The monoisotopic (exact) mass is 170 g/mol. The maximum absolute atomic E-state index is 8.98. The van der Waals surface area contributed by atoms with Crippen LogP contribution < -0.4 is 0 Å². The Morgan fingerprint density at radius 2 is 1.83 bits per heavy atom. The minimum atomic E-state index is -0.163. The summed E-state index contributed by atoms with van der Waals surface area (Å²) in [4.78, 5) is 0. The first-order valence-electron chi connectivity index (χ1n) is 4.75. The molecule has 0 aromatic rings. The molecule has 0 bridgehead atoms. The van der Waals surface area contributed by atoms with Gasteiger partial charge in [-0.25, -0.2) is 0 Å². The van der Waals surface area contributed by atoms with Crippen molar-refractivity contribution in [2.45, 2.75) is 53.1 Å². The van der Waals surface area contributed by atoms with Crippen molar-refractivity contribution in [1.82, 2.24) is 0 Å². The Labute approximate surface area is 76.5 Å². The maximum Gasteiger partial charge on any atom is 0.0515 e. The van der Waals surface area contributed by atoms with Gasteiger partial charge < -0.3 is 5.11 Å². The van der Waals surface area contributed by atoms with Crippen molar-refractivity contribution in [1.29, 1.82) is 0 Å². The lowest BCUT2D eigenvalue weighted by Crippen LogP contribution is -2.02. The molecule has 1 atom stereocenters. The first-order valence-corrected chi connectivity index (χ1v) is 4.75. The van der Waals surface area contributed by atoms with Crippen LogP contribution in [0.4, 0.5) is 0 Å². The predicted molar refractivity (Wildman–Crippen MR) is 54.1 cm³/mol. The minimum absolute atomic E-state index is 0.163. The van der Waals surface area contributed by atoms with E-state index in [1.165, 1.54) is 0 Å². The largest absolute Gasteiger partial charge is 0.393 e. The van der Waals surface area contributed by atoms with Gasteiger partial charge in [-0.1, -0.05) is 32.9 Å². The maximum atomic E-state index is 8.98. The number of allylic oxidation sites excluding steroid dienone is 2. The van der Waals surface area contributed by atoms with Gasteiger partial charge in [-0.05, 0) is 31.6 Å². The Bertz CT molecular complexity index is 128. The molecule has 0 saturated heterocycles. The molecule has 0 radical (unpaired) electrons. The normalized spacial score (nSPS) is 15.4. The van der Waals surface area contributed by atoms with Crippen molar-refractivity contribution in [2.75, 3.05) is 0 Å².